The normalized spacial score (nSPS) is 12.7. The van der Waals surface area contributed by atoms with E-state index in [1.807, 2.05) is 51.5 Å². The molecule has 0 aliphatic carbocycles. The third kappa shape index (κ3) is 3.69. The Morgan fingerprint density at radius 3 is 2.48 bits per heavy atom. The van der Waals surface area contributed by atoms with E-state index in [9.17, 15) is 4.39 Å². The smallest absolute Gasteiger partial charge is 0.131 e. The molecular formula is C18H23FN2. The average molecular weight is 286 g/mol. The van der Waals surface area contributed by atoms with Gasteiger partial charge in [-0.1, -0.05) is 30.3 Å². The minimum absolute atomic E-state index is 0.173. The second kappa shape index (κ2) is 6.83. The number of hydrogen-bond donors (Lipinski definition) is 1. The number of nitrogens with zero attached hydrogens (tertiary/aromatic N) is 1. The van der Waals surface area contributed by atoms with Gasteiger partial charge in [0.2, 0.25) is 0 Å². The molecule has 0 saturated heterocycles. The van der Waals surface area contributed by atoms with Crippen molar-refractivity contribution in [1.29, 1.82) is 0 Å². The van der Waals surface area contributed by atoms with Crippen molar-refractivity contribution in [3.8, 4) is 11.1 Å². The van der Waals surface area contributed by atoms with Gasteiger partial charge in [0.25, 0.3) is 0 Å². The Labute approximate surface area is 126 Å². The summed E-state index contributed by atoms with van der Waals surface area (Å²) in [5, 5.41) is 3.20. The van der Waals surface area contributed by atoms with Crippen LogP contribution in [0.1, 0.15) is 24.1 Å². The highest BCUT2D eigenvalue weighted by Gasteiger charge is 2.12. The average Bonchev–Trinajstić information content (AvgIpc) is 2.47. The third-order valence-electron chi connectivity index (χ3n) is 3.72. The largest absolute Gasteiger partial charge is 0.313 e. The van der Waals surface area contributed by atoms with Gasteiger partial charge in [-0.3, -0.25) is 0 Å². The molecule has 1 unspecified atom stereocenters. The standard InChI is InChI=1S/C18H23FN2/c1-13(20-2)14-9-10-18(19)17(11-14)16-8-6-5-7-15(16)12-21(3)4/h5-11,13,20H,12H2,1-4H3. The summed E-state index contributed by atoms with van der Waals surface area (Å²) in [5.41, 5.74) is 3.87. The van der Waals surface area contributed by atoms with E-state index in [2.05, 4.69) is 23.2 Å². The molecule has 0 saturated carbocycles. The first-order valence-corrected chi connectivity index (χ1v) is 7.22. The lowest BCUT2D eigenvalue weighted by Gasteiger charge is -2.17. The molecule has 2 rings (SSSR count). The maximum Gasteiger partial charge on any atom is 0.131 e. The molecule has 21 heavy (non-hydrogen) atoms. The zero-order valence-corrected chi connectivity index (χ0v) is 13.2. The van der Waals surface area contributed by atoms with Gasteiger partial charge >= 0.3 is 0 Å². The van der Waals surface area contributed by atoms with Crippen LogP contribution in [0.15, 0.2) is 42.5 Å². The van der Waals surface area contributed by atoms with Crippen LogP contribution in [0.25, 0.3) is 11.1 Å². The zero-order chi connectivity index (χ0) is 15.4. The van der Waals surface area contributed by atoms with E-state index in [1.165, 1.54) is 0 Å². The lowest BCUT2D eigenvalue weighted by Crippen LogP contribution is -2.13. The molecule has 0 aliphatic rings. The first-order valence-electron chi connectivity index (χ1n) is 7.22. The first kappa shape index (κ1) is 15.7. The quantitative estimate of drug-likeness (QED) is 0.898. The summed E-state index contributed by atoms with van der Waals surface area (Å²) in [6, 6.07) is 13.6. The van der Waals surface area contributed by atoms with Gasteiger partial charge in [-0.15, -0.1) is 0 Å². The minimum atomic E-state index is -0.173. The fourth-order valence-corrected chi connectivity index (χ4v) is 2.45. The molecule has 2 aromatic carbocycles. The van der Waals surface area contributed by atoms with Gasteiger partial charge in [0, 0.05) is 18.2 Å². The maximum absolute atomic E-state index is 14.3. The molecule has 0 aliphatic heterocycles. The predicted molar refractivity (Wildman–Crippen MR) is 86.7 cm³/mol. The van der Waals surface area contributed by atoms with Gasteiger partial charge in [0.05, 0.1) is 0 Å². The monoisotopic (exact) mass is 286 g/mol. The molecule has 3 heteroatoms. The van der Waals surface area contributed by atoms with Crippen LogP contribution in [0.2, 0.25) is 0 Å². The Hall–Kier alpha value is -1.71. The second-order valence-electron chi connectivity index (χ2n) is 5.64. The highest BCUT2D eigenvalue weighted by Crippen LogP contribution is 2.29. The van der Waals surface area contributed by atoms with Crippen molar-refractivity contribution < 1.29 is 4.39 Å². The van der Waals surface area contributed by atoms with E-state index < -0.39 is 0 Å². The molecule has 0 bridgehead atoms. The van der Waals surface area contributed by atoms with Crippen LogP contribution in [0.4, 0.5) is 4.39 Å². The van der Waals surface area contributed by atoms with Gasteiger partial charge in [-0.25, -0.2) is 4.39 Å². The van der Waals surface area contributed by atoms with Crippen molar-refractivity contribution in [2.75, 3.05) is 21.1 Å². The Bertz CT molecular complexity index is 608. The predicted octanol–water partition coefficient (Wildman–Crippen LogP) is 3.83. The van der Waals surface area contributed by atoms with E-state index >= 15 is 0 Å². The molecule has 0 heterocycles. The fraction of sp³-hybridized carbons (Fsp3) is 0.333. The van der Waals surface area contributed by atoms with Crippen molar-refractivity contribution in [3.05, 3.63) is 59.4 Å². The van der Waals surface area contributed by atoms with Crippen molar-refractivity contribution in [2.45, 2.75) is 19.5 Å². The Morgan fingerprint density at radius 2 is 1.81 bits per heavy atom. The van der Waals surface area contributed by atoms with Gasteiger partial charge in [-0.2, -0.15) is 0 Å². The van der Waals surface area contributed by atoms with Crippen LogP contribution in [0.3, 0.4) is 0 Å². The van der Waals surface area contributed by atoms with E-state index in [0.29, 0.717) is 5.56 Å². The first-order chi connectivity index (χ1) is 10.0. The zero-order valence-electron chi connectivity index (χ0n) is 13.2. The highest BCUT2D eigenvalue weighted by atomic mass is 19.1. The van der Waals surface area contributed by atoms with Crippen LogP contribution in [-0.4, -0.2) is 26.0 Å². The Kier molecular flexibility index (Phi) is 5.10. The summed E-state index contributed by atoms with van der Waals surface area (Å²) in [6.45, 7) is 2.87. The number of benzene rings is 2. The summed E-state index contributed by atoms with van der Waals surface area (Å²) in [4.78, 5) is 2.09. The summed E-state index contributed by atoms with van der Waals surface area (Å²) in [7, 11) is 5.95. The van der Waals surface area contributed by atoms with E-state index in [-0.39, 0.29) is 11.9 Å². The third-order valence-corrected chi connectivity index (χ3v) is 3.72. The Morgan fingerprint density at radius 1 is 1.10 bits per heavy atom. The number of rotatable bonds is 5. The molecule has 1 atom stereocenters. The molecule has 2 nitrogen and oxygen atoms in total. The molecule has 0 amide bonds. The lowest BCUT2D eigenvalue weighted by molar-refractivity contribution is 0.403. The molecule has 0 spiro atoms. The molecule has 0 radical (unpaired) electrons. The molecule has 112 valence electrons. The minimum Gasteiger partial charge on any atom is -0.313 e. The molecule has 1 N–H and O–H groups in total. The number of hydrogen-bond acceptors (Lipinski definition) is 2. The molecule has 2 aromatic rings. The van der Waals surface area contributed by atoms with Gasteiger partial charge in [-0.05, 0) is 56.9 Å². The highest BCUT2D eigenvalue weighted by molar-refractivity contribution is 5.68. The summed E-state index contributed by atoms with van der Waals surface area (Å²) >= 11 is 0. The lowest BCUT2D eigenvalue weighted by atomic mass is 9.95. The van der Waals surface area contributed by atoms with Crippen molar-refractivity contribution >= 4 is 0 Å². The van der Waals surface area contributed by atoms with Crippen molar-refractivity contribution in [2.24, 2.45) is 0 Å². The van der Waals surface area contributed by atoms with Crippen LogP contribution in [-0.2, 0) is 6.54 Å². The maximum atomic E-state index is 14.3. The number of nitrogens with one attached hydrogen (secondary N) is 1. The van der Waals surface area contributed by atoms with Gasteiger partial charge in [0.15, 0.2) is 0 Å². The summed E-state index contributed by atoms with van der Waals surface area (Å²) in [6.07, 6.45) is 0. The van der Waals surface area contributed by atoms with Gasteiger partial charge in [0.1, 0.15) is 5.82 Å². The SMILES string of the molecule is CNC(C)c1ccc(F)c(-c2ccccc2CN(C)C)c1. The van der Waals surface area contributed by atoms with Crippen LogP contribution < -0.4 is 5.32 Å². The molecule has 0 aromatic heterocycles. The van der Waals surface area contributed by atoms with Crippen LogP contribution in [0, 0.1) is 5.82 Å². The topological polar surface area (TPSA) is 15.3 Å². The summed E-state index contributed by atoms with van der Waals surface area (Å²) in [5.74, 6) is -0.173. The molecular weight excluding hydrogens is 263 g/mol. The number of halogens is 1. The van der Waals surface area contributed by atoms with E-state index in [1.54, 1.807) is 6.07 Å². The van der Waals surface area contributed by atoms with Gasteiger partial charge < -0.3 is 10.2 Å². The Balaban J connectivity index is 2.51. The fourth-order valence-electron chi connectivity index (χ4n) is 2.45. The van der Waals surface area contributed by atoms with E-state index in [0.717, 1.165) is 23.2 Å². The van der Waals surface area contributed by atoms with E-state index in [4.69, 9.17) is 0 Å². The second-order valence-corrected chi connectivity index (χ2v) is 5.64. The van der Waals surface area contributed by atoms with Crippen molar-refractivity contribution in [3.63, 3.8) is 0 Å². The van der Waals surface area contributed by atoms with Crippen LogP contribution >= 0.6 is 0 Å². The van der Waals surface area contributed by atoms with Crippen LogP contribution in [0.5, 0.6) is 0 Å². The molecule has 0 fully saturated rings. The van der Waals surface area contributed by atoms with Crippen molar-refractivity contribution in [1.82, 2.24) is 10.2 Å². The summed E-state index contributed by atoms with van der Waals surface area (Å²) < 4.78 is 14.3.